The first-order valence-electron chi connectivity index (χ1n) is 9.22. The van der Waals surface area contributed by atoms with E-state index in [0.29, 0.717) is 23.2 Å². The molecule has 1 aliphatic heterocycles. The van der Waals surface area contributed by atoms with E-state index in [0.717, 1.165) is 48.2 Å². The number of hydrogen-bond donors (Lipinski definition) is 0. The lowest BCUT2D eigenvalue weighted by Crippen LogP contribution is -2.35. The van der Waals surface area contributed by atoms with Gasteiger partial charge in [0.1, 0.15) is 6.33 Å². The largest absolute Gasteiger partial charge is 0.493 e. The van der Waals surface area contributed by atoms with Crippen LogP contribution in [-0.2, 0) is 0 Å². The molecule has 0 aliphatic carbocycles. The van der Waals surface area contributed by atoms with Gasteiger partial charge in [0, 0.05) is 36.3 Å². The van der Waals surface area contributed by atoms with Gasteiger partial charge in [-0.2, -0.15) is 5.10 Å². The van der Waals surface area contributed by atoms with Gasteiger partial charge in [0.2, 0.25) is 5.75 Å². The normalized spacial score (nSPS) is 16.8. The van der Waals surface area contributed by atoms with Crippen LogP contribution in [-0.4, -0.2) is 54.6 Å². The van der Waals surface area contributed by atoms with Crippen LogP contribution in [0.25, 0.3) is 10.8 Å². The molecule has 8 nitrogen and oxygen atoms in total. The first-order chi connectivity index (χ1) is 13.8. The Balaban J connectivity index is 1.78. The van der Waals surface area contributed by atoms with E-state index < -0.39 is 0 Å². The van der Waals surface area contributed by atoms with Crippen molar-refractivity contribution in [3.8, 4) is 17.2 Å². The molecule has 0 bridgehead atoms. The quantitative estimate of drug-likeness (QED) is 0.667. The number of hydrogen-bond acceptors (Lipinski definition) is 8. The number of fused-ring (bicyclic) bond motifs is 1. The maximum atomic E-state index is 5.62. The van der Waals surface area contributed by atoms with E-state index in [2.05, 4.69) is 25.1 Å². The Kier molecular flexibility index (Phi) is 5.10. The van der Waals surface area contributed by atoms with Crippen LogP contribution >= 0.6 is 0 Å². The van der Waals surface area contributed by atoms with Crippen molar-refractivity contribution in [1.29, 1.82) is 0 Å². The molecule has 4 rings (SSSR count). The summed E-state index contributed by atoms with van der Waals surface area (Å²) in [7, 11) is 4.82. The summed E-state index contributed by atoms with van der Waals surface area (Å²) in [5.74, 6) is 2.89. The fraction of sp³-hybridized carbons (Fsp3) is 0.400. The van der Waals surface area contributed by atoms with Crippen LogP contribution in [0, 0.1) is 0 Å². The highest BCUT2D eigenvalue weighted by atomic mass is 16.5. The van der Waals surface area contributed by atoms with Gasteiger partial charge >= 0.3 is 0 Å². The lowest BCUT2D eigenvalue weighted by atomic mass is 9.94. The summed E-state index contributed by atoms with van der Waals surface area (Å²) in [4.78, 5) is 10.7. The highest BCUT2D eigenvalue weighted by Crippen LogP contribution is 2.45. The van der Waals surface area contributed by atoms with Crippen LogP contribution in [0.4, 0.5) is 5.82 Å². The van der Waals surface area contributed by atoms with Crippen molar-refractivity contribution in [2.45, 2.75) is 18.8 Å². The second-order valence-electron chi connectivity index (χ2n) is 6.69. The van der Waals surface area contributed by atoms with Gasteiger partial charge in [0.15, 0.2) is 17.3 Å². The summed E-state index contributed by atoms with van der Waals surface area (Å²) < 4.78 is 16.6. The zero-order chi connectivity index (χ0) is 19.5. The van der Waals surface area contributed by atoms with Crippen LogP contribution in [0.2, 0.25) is 0 Å². The summed E-state index contributed by atoms with van der Waals surface area (Å²) in [5.41, 5.74) is 1.06. The van der Waals surface area contributed by atoms with Gasteiger partial charge in [-0.15, -0.1) is 5.10 Å². The van der Waals surface area contributed by atoms with E-state index in [-0.39, 0.29) is 0 Å². The van der Waals surface area contributed by atoms with Crippen molar-refractivity contribution in [2.75, 3.05) is 39.3 Å². The van der Waals surface area contributed by atoms with Crippen molar-refractivity contribution in [1.82, 2.24) is 20.2 Å². The molecule has 146 valence electrons. The second kappa shape index (κ2) is 7.84. The Bertz CT molecular complexity index is 967. The third-order valence-corrected chi connectivity index (χ3v) is 5.19. The maximum Gasteiger partial charge on any atom is 0.204 e. The van der Waals surface area contributed by atoms with Crippen molar-refractivity contribution >= 4 is 16.6 Å². The lowest BCUT2D eigenvalue weighted by molar-refractivity contribution is 0.327. The van der Waals surface area contributed by atoms with E-state index in [1.807, 2.05) is 12.1 Å². The first kappa shape index (κ1) is 18.2. The molecule has 1 saturated heterocycles. The molecular formula is C20H23N5O3. The number of methoxy groups -OCH3 is 3. The minimum atomic E-state index is 0.329. The molecule has 0 radical (unpaired) electrons. The predicted octanol–water partition coefficient (Wildman–Crippen LogP) is 2.83. The highest BCUT2D eigenvalue weighted by Gasteiger charge is 2.26. The Labute approximate surface area is 163 Å². The summed E-state index contributed by atoms with van der Waals surface area (Å²) in [6.45, 7) is 1.73. The molecule has 1 atom stereocenters. The average molecular weight is 381 g/mol. The molecule has 0 amide bonds. The number of nitrogens with zero attached hydrogens (tertiary/aromatic N) is 5. The number of ether oxygens (including phenoxy) is 3. The SMILES string of the molecule is COc1cc2c(N3CCCC(c4ccncn4)C3)nncc2c(OC)c1OC. The van der Waals surface area contributed by atoms with Crippen LogP contribution in [0.15, 0.2) is 30.9 Å². The molecule has 0 spiro atoms. The van der Waals surface area contributed by atoms with E-state index in [4.69, 9.17) is 14.2 Å². The van der Waals surface area contributed by atoms with Gasteiger partial charge in [-0.3, -0.25) is 0 Å². The Morgan fingerprint density at radius 1 is 1.07 bits per heavy atom. The van der Waals surface area contributed by atoms with Gasteiger partial charge in [-0.05, 0) is 25.0 Å². The average Bonchev–Trinajstić information content (AvgIpc) is 2.77. The van der Waals surface area contributed by atoms with Crippen molar-refractivity contribution < 1.29 is 14.2 Å². The lowest BCUT2D eigenvalue weighted by Gasteiger charge is -2.33. The summed E-state index contributed by atoms with van der Waals surface area (Å²) in [6.07, 6.45) is 7.24. The Morgan fingerprint density at radius 2 is 1.93 bits per heavy atom. The van der Waals surface area contributed by atoms with Crippen LogP contribution in [0.1, 0.15) is 24.5 Å². The van der Waals surface area contributed by atoms with Gasteiger partial charge in [-0.25, -0.2) is 9.97 Å². The zero-order valence-electron chi connectivity index (χ0n) is 16.3. The molecule has 3 heterocycles. The third kappa shape index (κ3) is 3.15. The minimum Gasteiger partial charge on any atom is -0.493 e. The molecule has 2 aromatic heterocycles. The molecule has 1 aliphatic rings. The number of rotatable bonds is 5. The molecular weight excluding hydrogens is 358 g/mol. The number of piperidine rings is 1. The third-order valence-electron chi connectivity index (χ3n) is 5.19. The minimum absolute atomic E-state index is 0.329. The molecule has 8 heteroatoms. The van der Waals surface area contributed by atoms with E-state index >= 15 is 0 Å². The topological polar surface area (TPSA) is 82.5 Å². The van der Waals surface area contributed by atoms with E-state index in [1.165, 1.54) is 0 Å². The first-order valence-corrected chi connectivity index (χ1v) is 9.22. The van der Waals surface area contributed by atoms with Crippen molar-refractivity contribution in [2.24, 2.45) is 0 Å². The van der Waals surface area contributed by atoms with E-state index in [9.17, 15) is 0 Å². The molecule has 28 heavy (non-hydrogen) atoms. The second-order valence-corrected chi connectivity index (χ2v) is 6.69. The monoisotopic (exact) mass is 381 g/mol. The summed E-state index contributed by atoms with van der Waals surface area (Å²) in [5, 5.41) is 10.5. The van der Waals surface area contributed by atoms with Crippen LogP contribution in [0.3, 0.4) is 0 Å². The van der Waals surface area contributed by atoms with Crippen molar-refractivity contribution in [3.63, 3.8) is 0 Å². The molecule has 0 saturated carbocycles. The molecule has 3 aromatic rings. The molecule has 1 fully saturated rings. The fourth-order valence-corrected chi connectivity index (χ4v) is 3.87. The molecule has 0 N–H and O–H groups in total. The van der Waals surface area contributed by atoms with Crippen LogP contribution < -0.4 is 19.1 Å². The highest BCUT2D eigenvalue weighted by molar-refractivity contribution is 5.99. The Morgan fingerprint density at radius 3 is 2.64 bits per heavy atom. The van der Waals surface area contributed by atoms with Gasteiger partial charge in [0.05, 0.1) is 32.9 Å². The standard InChI is InChI=1S/C20H23N5O3/c1-26-17-9-14-15(18(27-2)19(17)28-3)10-23-24-20(14)25-8-4-5-13(11-25)16-6-7-21-12-22-16/h6-7,9-10,12-13H,4-5,8,11H2,1-3H3. The van der Waals surface area contributed by atoms with Gasteiger partial charge < -0.3 is 19.1 Å². The predicted molar refractivity (Wildman–Crippen MR) is 105 cm³/mol. The zero-order valence-corrected chi connectivity index (χ0v) is 16.3. The number of anilines is 1. The molecule has 1 aromatic carbocycles. The number of aromatic nitrogens is 4. The summed E-state index contributed by atoms with van der Waals surface area (Å²) >= 11 is 0. The van der Waals surface area contributed by atoms with Crippen LogP contribution in [0.5, 0.6) is 17.2 Å². The Hall–Kier alpha value is -3.16. The molecule has 1 unspecified atom stereocenters. The van der Waals surface area contributed by atoms with E-state index in [1.54, 1.807) is 40.1 Å². The maximum absolute atomic E-state index is 5.62. The number of benzene rings is 1. The van der Waals surface area contributed by atoms with Crippen molar-refractivity contribution in [3.05, 3.63) is 36.5 Å². The fourth-order valence-electron chi connectivity index (χ4n) is 3.87. The van der Waals surface area contributed by atoms with Gasteiger partial charge in [0.25, 0.3) is 0 Å². The van der Waals surface area contributed by atoms with Gasteiger partial charge in [-0.1, -0.05) is 0 Å². The summed E-state index contributed by atoms with van der Waals surface area (Å²) in [6, 6.07) is 3.93. The smallest absolute Gasteiger partial charge is 0.204 e.